The van der Waals surface area contributed by atoms with Crippen LogP contribution in [0.1, 0.15) is 30.6 Å². The van der Waals surface area contributed by atoms with Gasteiger partial charge in [0.15, 0.2) is 0 Å². The average molecular weight is 288 g/mol. The molecular formula is C15H20N4O2. The van der Waals surface area contributed by atoms with Gasteiger partial charge in [-0.3, -0.25) is 4.84 Å². The van der Waals surface area contributed by atoms with Crippen molar-refractivity contribution in [2.45, 2.75) is 25.8 Å². The monoisotopic (exact) mass is 288 g/mol. The molecular weight excluding hydrogens is 268 g/mol. The maximum atomic E-state index is 10.4. The summed E-state index contributed by atoms with van der Waals surface area (Å²) in [6.45, 7) is 2.55. The normalized spacial score (nSPS) is 12.0. The van der Waals surface area contributed by atoms with E-state index in [-0.39, 0.29) is 6.04 Å². The largest absolute Gasteiger partial charge is 0.350 e. The van der Waals surface area contributed by atoms with Gasteiger partial charge in [-0.05, 0) is 25.3 Å². The molecule has 21 heavy (non-hydrogen) atoms. The molecule has 3 N–H and O–H groups in total. The Morgan fingerprint density at radius 1 is 1.43 bits per heavy atom. The van der Waals surface area contributed by atoms with Crippen molar-refractivity contribution in [3.05, 3.63) is 54.1 Å². The van der Waals surface area contributed by atoms with Gasteiger partial charge >= 0.3 is 6.03 Å². The lowest BCUT2D eigenvalue weighted by atomic mass is 10.1. The average Bonchev–Trinajstić information content (AvgIpc) is 2.95. The second-order valence-corrected chi connectivity index (χ2v) is 4.82. The van der Waals surface area contributed by atoms with Crippen LogP contribution < -0.4 is 11.2 Å². The van der Waals surface area contributed by atoms with Crippen LogP contribution in [0.25, 0.3) is 0 Å². The number of hydrogen-bond acceptors (Lipinski definition) is 3. The molecule has 1 aromatic carbocycles. The van der Waals surface area contributed by atoms with Gasteiger partial charge in [-0.15, -0.1) is 0 Å². The lowest BCUT2D eigenvalue weighted by molar-refractivity contribution is 0.0628. The molecule has 6 heteroatoms. The van der Waals surface area contributed by atoms with Gasteiger partial charge in [-0.1, -0.05) is 30.3 Å². The molecule has 1 aromatic heterocycles. The molecule has 0 aliphatic carbocycles. The first-order chi connectivity index (χ1) is 10.2. The Kier molecular flexibility index (Phi) is 5.34. The first-order valence-electron chi connectivity index (χ1n) is 6.91. The highest BCUT2D eigenvalue weighted by Gasteiger charge is 2.08. The number of primary amides is 1. The topological polar surface area (TPSA) is 82.2 Å². The number of rotatable bonds is 7. The molecule has 0 fully saturated rings. The van der Waals surface area contributed by atoms with Gasteiger partial charge in [-0.25, -0.2) is 15.3 Å². The summed E-state index contributed by atoms with van der Waals surface area (Å²) in [5, 5.41) is 0. The molecule has 0 aliphatic rings. The van der Waals surface area contributed by atoms with Crippen LogP contribution in [-0.4, -0.2) is 22.2 Å². The van der Waals surface area contributed by atoms with Gasteiger partial charge in [0.2, 0.25) is 0 Å². The number of nitrogens with zero attached hydrogens (tertiary/aromatic N) is 2. The number of aryl methyl sites for hydroxylation is 1. The van der Waals surface area contributed by atoms with Gasteiger partial charge in [0.1, 0.15) is 0 Å². The summed E-state index contributed by atoms with van der Waals surface area (Å²) < 4.78 is 2.09. The maximum absolute atomic E-state index is 10.4. The lowest BCUT2D eigenvalue weighted by Gasteiger charge is -2.12. The van der Waals surface area contributed by atoms with E-state index in [2.05, 4.69) is 34.1 Å². The zero-order chi connectivity index (χ0) is 15.1. The standard InChI is InChI=1S/C15H20N4O2/c1-12(13-6-3-2-4-7-13)19-10-14(17-11-19)8-5-9-21-18-15(16)20/h2-4,6-7,10-12H,5,8-9H2,1H3,(H3,16,18,20)/t12-/m1/s1. The molecule has 2 rings (SSSR count). The Labute approximate surface area is 123 Å². The van der Waals surface area contributed by atoms with Crippen molar-refractivity contribution in [3.63, 3.8) is 0 Å². The van der Waals surface area contributed by atoms with Crippen LogP contribution in [-0.2, 0) is 11.3 Å². The fraction of sp³-hybridized carbons (Fsp3) is 0.333. The van der Waals surface area contributed by atoms with Gasteiger partial charge in [-0.2, -0.15) is 0 Å². The van der Waals surface area contributed by atoms with Gasteiger partial charge in [0.05, 0.1) is 24.7 Å². The SMILES string of the molecule is C[C@H](c1ccccc1)n1cnc(CCCONC(N)=O)c1. The van der Waals surface area contributed by atoms with Crippen LogP contribution in [0.4, 0.5) is 4.79 Å². The third-order valence-corrected chi connectivity index (χ3v) is 3.24. The molecule has 6 nitrogen and oxygen atoms in total. The highest BCUT2D eigenvalue weighted by molar-refractivity contribution is 5.70. The molecule has 0 radical (unpaired) electrons. The van der Waals surface area contributed by atoms with E-state index in [9.17, 15) is 4.79 Å². The number of amides is 2. The molecule has 2 amide bonds. The molecule has 0 spiro atoms. The van der Waals surface area contributed by atoms with E-state index < -0.39 is 6.03 Å². The molecule has 1 heterocycles. The van der Waals surface area contributed by atoms with E-state index in [0.717, 1.165) is 18.5 Å². The molecule has 2 aromatic rings. The summed E-state index contributed by atoms with van der Waals surface area (Å²) in [7, 11) is 0. The lowest BCUT2D eigenvalue weighted by Crippen LogP contribution is -2.29. The number of benzene rings is 1. The molecule has 0 unspecified atom stereocenters. The number of nitrogens with one attached hydrogen (secondary N) is 1. The second kappa shape index (κ2) is 7.44. The van der Waals surface area contributed by atoms with E-state index in [4.69, 9.17) is 10.6 Å². The number of urea groups is 1. The Morgan fingerprint density at radius 2 is 2.19 bits per heavy atom. The van der Waals surface area contributed by atoms with E-state index in [1.807, 2.05) is 30.7 Å². The van der Waals surface area contributed by atoms with Gasteiger partial charge in [0, 0.05) is 6.20 Å². The summed E-state index contributed by atoms with van der Waals surface area (Å²) in [6.07, 6.45) is 5.43. The van der Waals surface area contributed by atoms with Crippen LogP contribution in [0.2, 0.25) is 0 Å². The van der Waals surface area contributed by atoms with E-state index in [0.29, 0.717) is 6.61 Å². The highest BCUT2D eigenvalue weighted by Crippen LogP contribution is 2.17. The minimum atomic E-state index is -0.684. The third kappa shape index (κ3) is 4.61. The smallest absolute Gasteiger partial charge is 0.336 e. The molecule has 1 atom stereocenters. The highest BCUT2D eigenvalue weighted by atomic mass is 16.7. The first kappa shape index (κ1) is 15.1. The van der Waals surface area contributed by atoms with Crippen molar-refractivity contribution in [2.75, 3.05) is 6.61 Å². The van der Waals surface area contributed by atoms with E-state index in [1.165, 1.54) is 5.56 Å². The second-order valence-electron chi connectivity index (χ2n) is 4.82. The van der Waals surface area contributed by atoms with Crippen molar-refractivity contribution in [2.24, 2.45) is 5.73 Å². The number of imidazole rings is 1. The molecule has 0 saturated heterocycles. The quantitative estimate of drug-likeness (QED) is 0.604. The minimum Gasteiger partial charge on any atom is -0.350 e. The third-order valence-electron chi connectivity index (χ3n) is 3.24. The predicted octanol–water partition coefficient (Wildman–Crippen LogP) is 2.02. The molecule has 0 bridgehead atoms. The number of carbonyl (C=O) groups excluding carboxylic acids is 1. The van der Waals surface area contributed by atoms with Crippen LogP contribution in [0.15, 0.2) is 42.9 Å². The predicted molar refractivity (Wildman–Crippen MR) is 79.5 cm³/mol. The number of aromatic nitrogens is 2. The number of hydrogen-bond donors (Lipinski definition) is 2. The van der Waals surface area contributed by atoms with Gasteiger partial charge < -0.3 is 10.3 Å². The fourth-order valence-electron chi connectivity index (χ4n) is 2.07. The van der Waals surface area contributed by atoms with Crippen molar-refractivity contribution in [1.29, 1.82) is 0 Å². The summed E-state index contributed by atoms with van der Waals surface area (Å²) in [4.78, 5) is 19.7. The van der Waals surface area contributed by atoms with Gasteiger partial charge in [0.25, 0.3) is 0 Å². The Hall–Kier alpha value is -2.34. The Morgan fingerprint density at radius 3 is 2.90 bits per heavy atom. The minimum absolute atomic E-state index is 0.250. The summed E-state index contributed by atoms with van der Waals surface area (Å²) in [5.74, 6) is 0. The zero-order valence-electron chi connectivity index (χ0n) is 12.0. The van der Waals surface area contributed by atoms with Crippen LogP contribution in [0.5, 0.6) is 0 Å². The summed E-state index contributed by atoms with van der Waals surface area (Å²) >= 11 is 0. The maximum Gasteiger partial charge on any atom is 0.336 e. The van der Waals surface area contributed by atoms with E-state index >= 15 is 0 Å². The van der Waals surface area contributed by atoms with Crippen molar-refractivity contribution in [1.82, 2.24) is 15.0 Å². The zero-order valence-corrected chi connectivity index (χ0v) is 12.0. The molecule has 0 saturated carbocycles. The Bertz CT molecular complexity index is 568. The van der Waals surface area contributed by atoms with Crippen LogP contribution in [0, 0.1) is 0 Å². The van der Waals surface area contributed by atoms with Crippen molar-refractivity contribution >= 4 is 6.03 Å². The van der Waals surface area contributed by atoms with Crippen molar-refractivity contribution < 1.29 is 9.63 Å². The number of carbonyl (C=O) groups is 1. The summed E-state index contributed by atoms with van der Waals surface area (Å²) in [6, 6.07) is 9.85. The van der Waals surface area contributed by atoms with E-state index in [1.54, 1.807) is 0 Å². The van der Waals surface area contributed by atoms with Crippen molar-refractivity contribution in [3.8, 4) is 0 Å². The van der Waals surface area contributed by atoms with Crippen LogP contribution >= 0.6 is 0 Å². The molecule has 112 valence electrons. The van der Waals surface area contributed by atoms with Crippen LogP contribution in [0.3, 0.4) is 0 Å². The first-order valence-corrected chi connectivity index (χ1v) is 6.91. The number of nitrogens with two attached hydrogens (primary N) is 1. The number of hydroxylamine groups is 1. The molecule has 0 aliphatic heterocycles. The Balaban J connectivity index is 1.82. The fourth-order valence-corrected chi connectivity index (χ4v) is 2.07. The summed E-state index contributed by atoms with van der Waals surface area (Å²) in [5.41, 5.74) is 9.22.